The summed E-state index contributed by atoms with van der Waals surface area (Å²) in [5.74, 6) is -0.849. The molecular formula is C20H19NO4. The largest absolute Gasteiger partial charge is 0.462 e. The molecule has 5 heteroatoms. The predicted octanol–water partition coefficient (Wildman–Crippen LogP) is 3.46. The van der Waals surface area contributed by atoms with E-state index in [1.54, 1.807) is 0 Å². The molecule has 0 N–H and O–H groups in total. The number of carbonyl (C=O) groups excluding carboxylic acids is 2. The Morgan fingerprint density at radius 2 is 1.48 bits per heavy atom. The molecule has 25 heavy (non-hydrogen) atoms. The zero-order valence-electron chi connectivity index (χ0n) is 13.8. The first-order valence-corrected chi connectivity index (χ1v) is 8.11. The van der Waals surface area contributed by atoms with Gasteiger partial charge in [0.1, 0.15) is 13.2 Å². The van der Waals surface area contributed by atoms with Crippen LogP contribution in [0.5, 0.6) is 0 Å². The van der Waals surface area contributed by atoms with Crippen LogP contribution in [-0.2, 0) is 25.6 Å². The average molecular weight is 337 g/mol. The second-order valence-corrected chi connectivity index (χ2v) is 5.53. The van der Waals surface area contributed by atoms with Gasteiger partial charge in [-0.2, -0.15) is 0 Å². The van der Waals surface area contributed by atoms with E-state index in [0.717, 1.165) is 17.1 Å². The van der Waals surface area contributed by atoms with Crippen LogP contribution >= 0.6 is 0 Å². The van der Waals surface area contributed by atoms with Gasteiger partial charge in [-0.1, -0.05) is 43.0 Å². The molecule has 0 saturated heterocycles. The van der Waals surface area contributed by atoms with Crippen molar-refractivity contribution < 1.29 is 19.1 Å². The molecule has 0 spiro atoms. The molecule has 3 rings (SSSR count). The van der Waals surface area contributed by atoms with Gasteiger partial charge in [0.2, 0.25) is 0 Å². The maximum absolute atomic E-state index is 11.9. The third-order valence-electron chi connectivity index (χ3n) is 3.98. The minimum Gasteiger partial charge on any atom is -0.462 e. The van der Waals surface area contributed by atoms with Crippen LogP contribution in [0.15, 0.2) is 61.2 Å². The number of aromatic nitrogens is 1. The third kappa shape index (κ3) is 3.71. The fraction of sp³-hybridized carbons (Fsp3) is 0.200. The number of esters is 2. The van der Waals surface area contributed by atoms with E-state index in [1.165, 1.54) is 10.8 Å². The lowest BCUT2D eigenvalue weighted by atomic mass is 10.2. The number of fused-ring (bicyclic) bond motifs is 3. The summed E-state index contributed by atoms with van der Waals surface area (Å²) in [6, 6.07) is 16.3. The summed E-state index contributed by atoms with van der Waals surface area (Å²) in [4.78, 5) is 22.8. The van der Waals surface area contributed by atoms with Crippen LogP contribution in [0, 0.1) is 0 Å². The Hall–Kier alpha value is -3.08. The van der Waals surface area contributed by atoms with Gasteiger partial charge in [-0.15, -0.1) is 0 Å². The van der Waals surface area contributed by atoms with Crippen molar-refractivity contribution in [2.75, 3.05) is 13.2 Å². The van der Waals surface area contributed by atoms with E-state index in [-0.39, 0.29) is 25.6 Å². The molecule has 5 nitrogen and oxygen atoms in total. The summed E-state index contributed by atoms with van der Waals surface area (Å²) in [6.07, 6.45) is 1.32. The minimum absolute atomic E-state index is 0.0337. The zero-order chi connectivity index (χ0) is 17.6. The Labute approximate surface area is 145 Å². The monoisotopic (exact) mass is 337 g/mol. The van der Waals surface area contributed by atoms with Crippen molar-refractivity contribution in [1.82, 2.24) is 4.57 Å². The third-order valence-corrected chi connectivity index (χ3v) is 3.98. The lowest BCUT2D eigenvalue weighted by molar-refractivity contribution is -0.149. The SMILES string of the molecule is C=CC(=O)OCCOC(=O)CCn1c2ccccc2c2ccccc21. The summed E-state index contributed by atoms with van der Waals surface area (Å²) in [5, 5.41) is 2.34. The molecule has 1 heterocycles. The number of para-hydroxylation sites is 2. The minimum atomic E-state index is -0.527. The molecule has 0 bridgehead atoms. The fourth-order valence-electron chi connectivity index (χ4n) is 2.88. The van der Waals surface area contributed by atoms with E-state index in [1.807, 2.05) is 24.3 Å². The first kappa shape index (κ1) is 16.8. The van der Waals surface area contributed by atoms with Crippen LogP contribution in [0.4, 0.5) is 0 Å². The first-order chi connectivity index (χ1) is 12.2. The molecule has 0 aliphatic heterocycles. The van der Waals surface area contributed by atoms with Crippen molar-refractivity contribution in [3.05, 3.63) is 61.2 Å². The highest BCUT2D eigenvalue weighted by Crippen LogP contribution is 2.28. The van der Waals surface area contributed by atoms with Gasteiger partial charge in [-0.25, -0.2) is 4.79 Å². The van der Waals surface area contributed by atoms with Crippen molar-refractivity contribution in [3.8, 4) is 0 Å². The van der Waals surface area contributed by atoms with Crippen molar-refractivity contribution in [1.29, 1.82) is 0 Å². The van der Waals surface area contributed by atoms with Gasteiger partial charge in [0.25, 0.3) is 0 Å². The smallest absolute Gasteiger partial charge is 0.330 e. The molecular weight excluding hydrogens is 318 g/mol. The molecule has 2 aromatic carbocycles. The van der Waals surface area contributed by atoms with Crippen LogP contribution < -0.4 is 0 Å². The van der Waals surface area contributed by atoms with Crippen LogP contribution in [-0.4, -0.2) is 29.7 Å². The highest BCUT2D eigenvalue weighted by atomic mass is 16.6. The second kappa shape index (κ2) is 7.66. The summed E-state index contributed by atoms with van der Waals surface area (Å²) in [6.45, 7) is 3.91. The van der Waals surface area contributed by atoms with Crippen molar-refractivity contribution in [2.24, 2.45) is 0 Å². The Balaban J connectivity index is 1.65. The number of hydrogen-bond acceptors (Lipinski definition) is 4. The molecule has 0 aliphatic carbocycles. The van der Waals surface area contributed by atoms with Crippen molar-refractivity contribution >= 4 is 33.7 Å². The summed E-state index contributed by atoms with van der Waals surface area (Å²) < 4.78 is 12.0. The summed E-state index contributed by atoms with van der Waals surface area (Å²) in [5.41, 5.74) is 2.19. The molecule has 3 aromatic rings. The number of ether oxygens (including phenoxy) is 2. The summed E-state index contributed by atoms with van der Waals surface area (Å²) >= 11 is 0. The van der Waals surface area contributed by atoms with Gasteiger partial charge in [0.15, 0.2) is 0 Å². The highest BCUT2D eigenvalue weighted by Gasteiger charge is 2.11. The Morgan fingerprint density at radius 1 is 0.920 bits per heavy atom. The predicted molar refractivity (Wildman–Crippen MR) is 96.2 cm³/mol. The van der Waals surface area contributed by atoms with Crippen LogP contribution in [0.2, 0.25) is 0 Å². The van der Waals surface area contributed by atoms with E-state index >= 15 is 0 Å². The molecule has 0 unspecified atom stereocenters. The van der Waals surface area contributed by atoms with Gasteiger partial charge in [0, 0.05) is 34.4 Å². The number of nitrogens with zero attached hydrogens (tertiary/aromatic N) is 1. The van der Waals surface area contributed by atoms with E-state index in [2.05, 4.69) is 35.4 Å². The standard InChI is InChI=1S/C20H19NO4/c1-2-19(22)24-13-14-25-20(23)11-12-21-17-9-5-3-7-15(17)16-8-4-6-10-18(16)21/h2-10H,1,11-14H2. The number of benzene rings is 2. The molecule has 128 valence electrons. The van der Waals surface area contributed by atoms with E-state index in [0.29, 0.717) is 6.54 Å². The van der Waals surface area contributed by atoms with Crippen molar-refractivity contribution in [3.63, 3.8) is 0 Å². The summed E-state index contributed by atoms with van der Waals surface area (Å²) in [7, 11) is 0. The van der Waals surface area contributed by atoms with Gasteiger partial charge >= 0.3 is 11.9 Å². The molecule has 0 aliphatic rings. The molecule has 0 fully saturated rings. The molecule has 0 amide bonds. The van der Waals surface area contributed by atoms with Gasteiger partial charge in [0.05, 0.1) is 6.42 Å². The number of aryl methyl sites for hydroxylation is 1. The number of carbonyl (C=O) groups is 2. The molecule has 0 radical (unpaired) electrons. The Morgan fingerprint density at radius 3 is 2.08 bits per heavy atom. The lowest BCUT2D eigenvalue weighted by Gasteiger charge is -2.08. The van der Waals surface area contributed by atoms with E-state index < -0.39 is 5.97 Å². The van der Waals surface area contributed by atoms with Gasteiger partial charge < -0.3 is 14.0 Å². The molecule has 0 atom stereocenters. The average Bonchev–Trinajstić information content (AvgIpc) is 2.97. The van der Waals surface area contributed by atoms with Crippen molar-refractivity contribution in [2.45, 2.75) is 13.0 Å². The van der Waals surface area contributed by atoms with Crippen LogP contribution in [0.25, 0.3) is 21.8 Å². The highest BCUT2D eigenvalue weighted by molar-refractivity contribution is 6.08. The zero-order valence-corrected chi connectivity index (χ0v) is 13.8. The second-order valence-electron chi connectivity index (χ2n) is 5.53. The van der Waals surface area contributed by atoms with Gasteiger partial charge in [-0.3, -0.25) is 4.79 Å². The quantitative estimate of drug-likeness (QED) is 0.376. The number of hydrogen-bond donors (Lipinski definition) is 0. The fourth-order valence-corrected chi connectivity index (χ4v) is 2.88. The van der Waals surface area contributed by atoms with E-state index in [9.17, 15) is 9.59 Å². The van der Waals surface area contributed by atoms with Crippen LogP contribution in [0.1, 0.15) is 6.42 Å². The topological polar surface area (TPSA) is 57.5 Å². The van der Waals surface area contributed by atoms with Gasteiger partial charge in [-0.05, 0) is 12.1 Å². The maximum Gasteiger partial charge on any atom is 0.330 e. The lowest BCUT2D eigenvalue weighted by Crippen LogP contribution is -2.14. The maximum atomic E-state index is 11.9. The van der Waals surface area contributed by atoms with E-state index in [4.69, 9.17) is 9.47 Å². The Kier molecular flexibility index (Phi) is 5.14. The molecule has 1 aromatic heterocycles. The normalized spacial score (nSPS) is 10.7. The Bertz CT molecular complexity index is 872. The number of rotatable bonds is 7. The molecule has 0 saturated carbocycles. The van der Waals surface area contributed by atoms with Crippen LogP contribution in [0.3, 0.4) is 0 Å². The first-order valence-electron chi connectivity index (χ1n) is 8.11.